The Morgan fingerprint density at radius 3 is 2.04 bits per heavy atom. The lowest BCUT2D eigenvalue weighted by Gasteiger charge is -2.19. The summed E-state index contributed by atoms with van der Waals surface area (Å²) in [6.45, 7) is 0.516. The molecule has 0 bridgehead atoms. The first-order chi connectivity index (χ1) is 11.1. The molecule has 10 N–H and O–H groups in total. The minimum Gasteiger partial charge on any atom is -0.480 e. The Morgan fingerprint density at radius 2 is 1.58 bits per heavy atom. The second-order valence-corrected chi connectivity index (χ2v) is 4.67. The molecule has 5 amide bonds. The van der Waals surface area contributed by atoms with Crippen molar-refractivity contribution in [1.29, 1.82) is 0 Å². The standard InChI is InChI=1S/C11H20N6O7/c1-4(10(22)23)14-11(24)15-6(2-7(13)19)9(21)17-16-8(20)5(12)3-18/h4-6,18H,2-3,12H2,1H3,(H2,13,19)(H,16,20)(H,17,21)(H,22,23)(H2,14,15,24). The number of aliphatic hydroxyl groups excluding tert-OH is 1. The van der Waals surface area contributed by atoms with Crippen LogP contribution in [-0.4, -0.2) is 64.7 Å². The number of nitrogens with two attached hydrogens (primary N) is 2. The Kier molecular flexibility index (Phi) is 8.74. The number of urea groups is 1. The molecule has 0 aromatic rings. The van der Waals surface area contributed by atoms with E-state index in [2.05, 4.69) is 0 Å². The maximum absolute atomic E-state index is 11.9. The molecule has 3 atom stereocenters. The second-order valence-electron chi connectivity index (χ2n) is 4.67. The summed E-state index contributed by atoms with van der Waals surface area (Å²) >= 11 is 0. The van der Waals surface area contributed by atoms with Crippen molar-refractivity contribution in [2.45, 2.75) is 31.5 Å². The summed E-state index contributed by atoms with van der Waals surface area (Å²) in [6.07, 6.45) is -0.609. The molecule has 13 heteroatoms. The number of amides is 5. The van der Waals surface area contributed by atoms with Crippen molar-refractivity contribution in [1.82, 2.24) is 21.5 Å². The van der Waals surface area contributed by atoms with Gasteiger partial charge >= 0.3 is 12.0 Å². The van der Waals surface area contributed by atoms with Crippen LogP contribution in [0.3, 0.4) is 0 Å². The van der Waals surface area contributed by atoms with Crippen molar-refractivity contribution < 1.29 is 34.2 Å². The van der Waals surface area contributed by atoms with E-state index < -0.39 is 60.9 Å². The molecular weight excluding hydrogens is 328 g/mol. The van der Waals surface area contributed by atoms with Gasteiger partial charge in [-0.2, -0.15) is 0 Å². The van der Waals surface area contributed by atoms with Crippen LogP contribution in [0.1, 0.15) is 13.3 Å². The first-order valence-electron chi connectivity index (χ1n) is 6.62. The molecule has 0 aliphatic rings. The zero-order valence-corrected chi connectivity index (χ0v) is 12.7. The average molecular weight is 348 g/mol. The summed E-state index contributed by atoms with van der Waals surface area (Å²) in [4.78, 5) is 56.3. The Balaban J connectivity index is 4.72. The van der Waals surface area contributed by atoms with E-state index in [0.29, 0.717) is 0 Å². The molecule has 0 spiro atoms. The predicted molar refractivity (Wildman–Crippen MR) is 77.7 cm³/mol. The maximum Gasteiger partial charge on any atom is 0.325 e. The first kappa shape index (κ1) is 21.1. The normalized spacial score (nSPS) is 13.8. The van der Waals surface area contributed by atoms with Crippen LogP contribution in [0.25, 0.3) is 0 Å². The Labute approximate surface area is 136 Å². The van der Waals surface area contributed by atoms with E-state index in [-0.39, 0.29) is 0 Å². The molecule has 0 saturated carbocycles. The highest BCUT2D eigenvalue weighted by molar-refractivity contribution is 5.93. The fraction of sp³-hybridized carbons (Fsp3) is 0.545. The van der Waals surface area contributed by atoms with Gasteiger partial charge < -0.3 is 32.3 Å². The molecular formula is C11H20N6O7. The minimum atomic E-state index is -1.48. The van der Waals surface area contributed by atoms with E-state index in [4.69, 9.17) is 21.7 Å². The highest BCUT2D eigenvalue weighted by atomic mass is 16.4. The minimum absolute atomic E-state index is 0.609. The summed E-state index contributed by atoms with van der Waals surface area (Å²) in [5.41, 5.74) is 13.9. The van der Waals surface area contributed by atoms with Gasteiger partial charge in [0.05, 0.1) is 13.0 Å². The molecule has 13 nitrogen and oxygen atoms in total. The number of hydrogen-bond donors (Lipinski definition) is 8. The van der Waals surface area contributed by atoms with E-state index in [1.165, 1.54) is 6.92 Å². The van der Waals surface area contributed by atoms with E-state index in [0.717, 1.165) is 0 Å². The van der Waals surface area contributed by atoms with Crippen molar-refractivity contribution in [3.8, 4) is 0 Å². The van der Waals surface area contributed by atoms with Crippen molar-refractivity contribution in [2.75, 3.05) is 6.61 Å². The number of aliphatic carboxylic acids is 1. The second kappa shape index (κ2) is 9.96. The number of carboxylic acid groups (broad SMARTS) is 1. The lowest BCUT2D eigenvalue weighted by Crippen LogP contribution is -2.58. The number of carbonyl (C=O) groups is 5. The summed E-state index contributed by atoms with van der Waals surface area (Å²) < 4.78 is 0. The van der Waals surface area contributed by atoms with E-state index in [1.807, 2.05) is 21.5 Å². The number of primary amides is 1. The van der Waals surface area contributed by atoms with Gasteiger partial charge in [-0.1, -0.05) is 0 Å². The molecule has 0 aliphatic carbocycles. The Hall–Kier alpha value is -2.93. The highest BCUT2D eigenvalue weighted by Gasteiger charge is 2.25. The van der Waals surface area contributed by atoms with Gasteiger partial charge in [-0.3, -0.25) is 30.0 Å². The molecule has 0 aromatic heterocycles. The molecule has 0 aliphatic heterocycles. The molecule has 0 rings (SSSR count). The molecule has 3 unspecified atom stereocenters. The molecule has 0 aromatic carbocycles. The zero-order valence-electron chi connectivity index (χ0n) is 12.7. The summed E-state index contributed by atoms with van der Waals surface area (Å²) in [5.74, 6) is -4.16. The number of hydrazine groups is 1. The summed E-state index contributed by atoms with van der Waals surface area (Å²) in [6, 6.07) is -5.05. The predicted octanol–water partition coefficient (Wildman–Crippen LogP) is -4.53. The van der Waals surface area contributed by atoms with Crippen molar-refractivity contribution in [3.05, 3.63) is 0 Å². The number of carbonyl (C=O) groups excluding carboxylic acids is 4. The van der Waals surface area contributed by atoms with E-state index in [1.54, 1.807) is 0 Å². The third kappa shape index (κ3) is 7.90. The Morgan fingerprint density at radius 1 is 1.04 bits per heavy atom. The maximum atomic E-state index is 11.9. The van der Waals surface area contributed by atoms with Crippen LogP contribution in [0.2, 0.25) is 0 Å². The van der Waals surface area contributed by atoms with Gasteiger partial charge in [-0.25, -0.2) is 4.79 Å². The number of nitrogens with one attached hydrogen (secondary N) is 4. The Bertz CT molecular complexity index is 511. The lowest BCUT2D eigenvalue weighted by atomic mass is 10.2. The SMILES string of the molecule is CC(NC(=O)NC(CC(N)=O)C(=O)NNC(=O)C(N)CO)C(=O)O. The van der Waals surface area contributed by atoms with Gasteiger partial charge in [-0.15, -0.1) is 0 Å². The van der Waals surface area contributed by atoms with E-state index in [9.17, 15) is 24.0 Å². The monoisotopic (exact) mass is 348 g/mol. The average Bonchev–Trinajstić information content (AvgIpc) is 2.49. The van der Waals surface area contributed by atoms with Gasteiger partial charge in [0.1, 0.15) is 18.1 Å². The van der Waals surface area contributed by atoms with Crippen LogP contribution in [0, 0.1) is 0 Å². The van der Waals surface area contributed by atoms with Crippen LogP contribution in [0.15, 0.2) is 0 Å². The van der Waals surface area contributed by atoms with Crippen molar-refractivity contribution in [3.63, 3.8) is 0 Å². The molecule has 0 fully saturated rings. The fourth-order valence-electron chi connectivity index (χ4n) is 1.25. The fourth-order valence-corrected chi connectivity index (χ4v) is 1.25. The van der Waals surface area contributed by atoms with Crippen LogP contribution < -0.4 is 33.0 Å². The molecule has 0 saturated heterocycles. The first-order valence-corrected chi connectivity index (χ1v) is 6.62. The third-order valence-corrected chi connectivity index (χ3v) is 2.59. The smallest absolute Gasteiger partial charge is 0.325 e. The number of aliphatic hydroxyl groups is 1. The number of rotatable bonds is 8. The quantitative estimate of drug-likeness (QED) is 0.199. The molecule has 136 valence electrons. The van der Waals surface area contributed by atoms with E-state index >= 15 is 0 Å². The zero-order chi connectivity index (χ0) is 18.9. The van der Waals surface area contributed by atoms with Crippen molar-refractivity contribution >= 4 is 29.7 Å². The van der Waals surface area contributed by atoms with Crippen LogP contribution in [0.4, 0.5) is 4.79 Å². The van der Waals surface area contributed by atoms with Crippen LogP contribution in [0.5, 0.6) is 0 Å². The van der Waals surface area contributed by atoms with Gasteiger partial charge in [-0.05, 0) is 6.92 Å². The molecule has 0 radical (unpaired) electrons. The number of hydrogen-bond acceptors (Lipinski definition) is 7. The van der Waals surface area contributed by atoms with Gasteiger partial charge in [0, 0.05) is 0 Å². The third-order valence-electron chi connectivity index (χ3n) is 2.59. The molecule has 24 heavy (non-hydrogen) atoms. The summed E-state index contributed by atoms with van der Waals surface area (Å²) in [5, 5.41) is 21.4. The largest absolute Gasteiger partial charge is 0.480 e. The number of carboxylic acids is 1. The topological polar surface area (TPSA) is 226 Å². The van der Waals surface area contributed by atoms with Gasteiger partial charge in [0.15, 0.2) is 0 Å². The van der Waals surface area contributed by atoms with Crippen LogP contribution >= 0.6 is 0 Å². The lowest BCUT2D eigenvalue weighted by molar-refractivity contribution is -0.138. The van der Waals surface area contributed by atoms with Crippen molar-refractivity contribution in [2.24, 2.45) is 11.5 Å². The van der Waals surface area contributed by atoms with Crippen LogP contribution in [-0.2, 0) is 19.2 Å². The summed E-state index contributed by atoms with van der Waals surface area (Å²) in [7, 11) is 0. The highest BCUT2D eigenvalue weighted by Crippen LogP contribution is 1.93. The van der Waals surface area contributed by atoms with Gasteiger partial charge in [0.2, 0.25) is 5.91 Å². The van der Waals surface area contributed by atoms with Gasteiger partial charge in [0.25, 0.3) is 11.8 Å². The molecule has 0 heterocycles.